The number of hydrogen-bond donors (Lipinski definition) is 0. The number of halogens is 1. The lowest BCUT2D eigenvalue weighted by Crippen LogP contribution is -2.58. The molecule has 5 nitrogen and oxygen atoms in total. The number of thiazole rings is 1. The molecule has 5 fully saturated rings. The van der Waals surface area contributed by atoms with Crippen molar-refractivity contribution in [2.75, 3.05) is 38.2 Å². The van der Waals surface area contributed by atoms with Gasteiger partial charge < -0.3 is 14.5 Å². The van der Waals surface area contributed by atoms with Crippen molar-refractivity contribution in [2.24, 2.45) is 23.2 Å². The van der Waals surface area contributed by atoms with Gasteiger partial charge in [0.15, 0.2) is 5.13 Å². The van der Waals surface area contributed by atoms with Crippen molar-refractivity contribution in [1.29, 1.82) is 0 Å². The van der Waals surface area contributed by atoms with Crippen LogP contribution in [0.25, 0.3) is 10.2 Å². The molecule has 1 aliphatic heterocycles. The maximum absolute atomic E-state index is 13.6. The van der Waals surface area contributed by atoms with Gasteiger partial charge in [0.05, 0.1) is 22.2 Å². The Bertz CT molecular complexity index is 962. The number of fused-ring (bicyclic) bond motifs is 1. The number of amides is 1. The van der Waals surface area contributed by atoms with E-state index in [9.17, 15) is 4.79 Å². The maximum Gasteiger partial charge on any atom is 0.228 e. The van der Waals surface area contributed by atoms with Gasteiger partial charge in [0.2, 0.25) is 5.91 Å². The molecule has 4 bridgehead atoms. The Labute approximate surface area is 186 Å². The van der Waals surface area contributed by atoms with Crippen LogP contribution >= 0.6 is 22.9 Å². The van der Waals surface area contributed by atoms with Crippen LogP contribution in [0.5, 0.6) is 5.75 Å². The molecular weight excluding hydrogens is 418 g/mol. The average molecular weight is 446 g/mol. The highest BCUT2D eigenvalue weighted by Gasteiger charge is 2.55. The van der Waals surface area contributed by atoms with Gasteiger partial charge in [-0.15, -0.1) is 0 Å². The molecule has 2 aromatic rings. The smallest absolute Gasteiger partial charge is 0.228 e. The summed E-state index contributed by atoms with van der Waals surface area (Å²) in [5, 5.41) is 1.68. The number of rotatable bonds is 3. The number of piperazine rings is 1. The first kappa shape index (κ1) is 19.2. The van der Waals surface area contributed by atoms with Crippen molar-refractivity contribution < 1.29 is 9.53 Å². The van der Waals surface area contributed by atoms with E-state index in [1.807, 2.05) is 12.1 Å². The predicted octanol–water partition coefficient (Wildman–Crippen LogP) is 4.82. The first-order valence-electron chi connectivity index (χ1n) is 11.2. The first-order chi connectivity index (χ1) is 14.5. The topological polar surface area (TPSA) is 45.7 Å². The zero-order chi connectivity index (χ0) is 20.5. The van der Waals surface area contributed by atoms with E-state index in [-0.39, 0.29) is 5.41 Å². The van der Waals surface area contributed by atoms with Gasteiger partial charge in [-0.1, -0.05) is 22.9 Å². The van der Waals surface area contributed by atoms with Crippen LogP contribution in [0, 0.1) is 23.2 Å². The Hall–Kier alpha value is -1.53. The van der Waals surface area contributed by atoms with Gasteiger partial charge in [0.25, 0.3) is 0 Å². The van der Waals surface area contributed by atoms with E-state index in [2.05, 4.69) is 9.80 Å². The summed E-state index contributed by atoms with van der Waals surface area (Å²) >= 11 is 8.01. The normalized spacial score (nSPS) is 32.8. The molecule has 1 aromatic heterocycles. The molecule has 2 heterocycles. The molecule has 160 valence electrons. The summed E-state index contributed by atoms with van der Waals surface area (Å²) in [6.45, 7) is 3.25. The van der Waals surface area contributed by atoms with Gasteiger partial charge in [-0.05, 0) is 68.4 Å². The number of anilines is 1. The molecule has 1 amide bonds. The second kappa shape index (κ2) is 6.99. The third kappa shape index (κ3) is 2.94. The Morgan fingerprint density at radius 3 is 2.33 bits per heavy atom. The number of ether oxygens (including phenoxy) is 1. The van der Waals surface area contributed by atoms with Crippen LogP contribution in [0.3, 0.4) is 0 Å². The van der Waals surface area contributed by atoms with Crippen molar-refractivity contribution in [3.05, 3.63) is 17.2 Å². The van der Waals surface area contributed by atoms with Crippen molar-refractivity contribution >= 4 is 44.2 Å². The van der Waals surface area contributed by atoms with E-state index in [1.165, 1.54) is 19.3 Å². The molecule has 1 saturated heterocycles. The van der Waals surface area contributed by atoms with E-state index in [4.69, 9.17) is 21.3 Å². The van der Waals surface area contributed by atoms with Crippen LogP contribution in [-0.2, 0) is 4.79 Å². The van der Waals surface area contributed by atoms with E-state index < -0.39 is 0 Å². The standard InChI is InChI=1S/C23H28ClN3O2S/c1-29-18-3-2-17(24)20-19(18)25-22(30-20)27-6-4-26(5-7-27)21(28)23-11-14-8-15(12-23)10-16(9-14)13-23/h2-3,14-16H,4-13H2,1H3. The second-order valence-electron chi connectivity index (χ2n) is 9.90. The van der Waals surface area contributed by atoms with E-state index in [0.29, 0.717) is 10.9 Å². The number of hydrogen-bond acceptors (Lipinski definition) is 5. The second-order valence-corrected chi connectivity index (χ2v) is 11.3. The fourth-order valence-corrected chi connectivity index (χ4v) is 8.36. The Balaban J connectivity index is 1.18. The molecule has 4 saturated carbocycles. The molecular formula is C23H28ClN3O2S. The average Bonchev–Trinajstić information content (AvgIpc) is 3.19. The zero-order valence-electron chi connectivity index (χ0n) is 17.4. The van der Waals surface area contributed by atoms with Crippen LogP contribution in [-0.4, -0.2) is 49.1 Å². The Kier molecular flexibility index (Phi) is 4.47. The van der Waals surface area contributed by atoms with Gasteiger partial charge in [-0.3, -0.25) is 4.79 Å². The summed E-state index contributed by atoms with van der Waals surface area (Å²) in [6, 6.07) is 3.74. The minimum Gasteiger partial charge on any atom is -0.494 e. The highest BCUT2D eigenvalue weighted by atomic mass is 35.5. The van der Waals surface area contributed by atoms with Crippen molar-refractivity contribution in [1.82, 2.24) is 9.88 Å². The minimum atomic E-state index is -0.0341. The molecule has 7 rings (SSSR count). The fourth-order valence-electron chi connectivity index (χ4n) is 7.05. The molecule has 5 aliphatic rings. The highest BCUT2D eigenvalue weighted by Crippen LogP contribution is 2.60. The number of nitrogens with zero attached hydrogens (tertiary/aromatic N) is 3. The lowest BCUT2D eigenvalue weighted by atomic mass is 9.49. The van der Waals surface area contributed by atoms with Crippen molar-refractivity contribution in [3.8, 4) is 5.75 Å². The summed E-state index contributed by atoms with van der Waals surface area (Å²) in [6.07, 6.45) is 7.58. The van der Waals surface area contributed by atoms with Crippen molar-refractivity contribution in [2.45, 2.75) is 38.5 Å². The Morgan fingerprint density at radius 2 is 1.73 bits per heavy atom. The van der Waals surface area contributed by atoms with Crippen molar-refractivity contribution in [3.63, 3.8) is 0 Å². The molecule has 30 heavy (non-hydrogen) atoms. The summed E-state index contributed by atoms with van der Waals surface area (Å²) in [5.41, 5.74) is 0.797. The summed E-state index contributed by atoms with van der Waals surface area (Å²) in [7, 11) is 1.66. The molecule has 0 spiro atoms. The van der Waals surface area contributed by atoms with Gasteiger partial charge >= 0.3 is 0 Å². The molecule has 0 unspecified atom stereocenters. The van der Waals surface area contributed by atoms with Gasteiger partial charge in [-0.25, -0.2) is 4.98 Å². The van der Waals surface area contributed by atoms with Crippen LogP contribution in [0.1, 0.15) is 38.5 Å². The number of benzene rings is 1. The molecule has 1 aromatic carbocycles. The molecule has 0 N–H and O–H groups in total. The highest BCUT2D eigenvalue weighted by molar-refractivity contribution is 7.22. The SMILES string of the molecule is COc1ccc(Cl)c2sc(N3CCN(C(=O)C45CC6CC(CC(C6)C4)C5)CC3)nc12. The number of carbonyl (C=O) groups excluding carboxylic acids is 1. The lowest BCUT2D eigenvalue weighted by Gasteiger charge is -2.57. The van der Waals surface area contributed by atoms with Gasteiger partial charge in [0, 0.05) is 26.2 Å². The predicted molar refractivity (Wildman–Crippen MR) is 121 cm³/mol. The van der Waals surface area contributed by atoms with Crippen LogP contribution in [0.4, 0.5) is 5.13 Å². The monoisotopic (exact) mass is 445 g/mol. The van der Waals surface area contributed by atoms with Gasteiger partial charge in [-0.2, -0.15) is 0 Å². The number of carbonyl (C=O) groups is 1. The molecule has 0 atom stereocenters. The fraction of sp³-hybridized carbons (Fsp3) is 0.652. The zero-order valence-corrected chi connectivity index (χ0v) is 19.0. The van der Waals surface area contributed by atoms with Crippen LogP contribution in [0.15, 0.2) is 12.1 Å². The first-order valence-corrected chi connectivity index (χ1v) is 12.4. The largest absolute Gasteiger partial charge is 0.494 e. The summed E-state index contributed by atoms with van der Waals surface area (Å²) in [4.78, 5) is 22.9. The van der Waals surface area contributed by atoms with Gasteiger partial charge in [0.1, 0.15) is 11.3 Å². The van der Waals surface area contributed by atoms with Crippen LogP contribution < -0.4 is 9.64 Å². The Morgan fingerprint density at radius 1 is 1.10 bits per heavy atom. The quantitative estimate of drug-likeness (QED) is 0.679. The van der Waals surface area contributed by atoms with E-state index >= 15 is 0 Å². The third-order valence-corrected chi connectivity index (χ3v) is 9.57. The van der Waals surface area contributed by atoms with E-state index in [0.717, 1.165) is 84.3 Å². The lowest BCUT2D eigenvalue weighted by molar-refractivity contribution is -0.158. The molecule has 7 heteroatoms. The third-order valence-electron chi connectivity index (χ3n) is 8.00. The minimum absolute atomic E-state index is 0.0341. The number of methoxy groups -OCH3 is 1. The summed E-state index contributed by atoms with van der Waals surface area (Å²) in [5.74, 6) is 3.64. The summed E-state index contributed by atoms with van der Waals surface area (Å²) < 4.78 is 6.43. The molecule has 0 radical (unpaired) electrons. The maximum atomic E-state index is 13.6. The number of aromatic nitrogens is 1. The molecule has 4 aliphatic carbocycles. The van der Waals surface area contributed by atoms with Crippen LogP contribution in [0.2, 0.25) is 5.02 Å². The van der Waals surface area contributed by atoms with E-state index in [1.54, 1.807) is 18.4 Å².